The van der Waals surface area contributed by atoms with Gasteiger partial charge < -0.3 is 14.9 Å². The van der Waals surface area contributed by atoms with E-state index in [-0.39, 0.29) is 12.5 Å². The Hall–Kier alpha value is -1.95. The van der Waals surface area contributed by atoms with Crippen LogP contribution in [0.5, 0.6) is 0 Å². The van der Waals surface area contributed by atoms with Gasteiger partial charge >= 0.3 is 0 Å². The lowest BCUT2D eigenvalue weighted by molar-refractivity contribution is 0.0368. The number of pyridine rings is 1. The van der Waals surface area contributed by atoms with E-state index in [4.69, 9.17) is 4.52 Å². The molecule has 0 saturated carbocycles. The summed E-state index contributed by atoms with van der Waals surface area (Å²) in [6.07, 6.45) is 2.06. The van der Waals surface area contributed by atoms with Crippen LogP contribution in [0.15, 0.2) is 16.8 Å². The second kappa shape index (κ2) is 5.81. The van der Waals surface area contributed by atoms with Gasteiger partial charge in [-0.2, -0.15) is 0 Å². The first-order valence-corrected chi connectivity index (χ1v) is 7.01. The molecule has 0 radical (unpaired) electrons. The molecular weight excluding hydrogens is 270 g/mol. The van der Waals surface area contributed by atoms with Gasteiger partial charge in [-0.3, -0.25) is 4.79 Å². The van der Waals surface area contributed by atoms with E-state index in [0.717, 1.165) is 5.39 Å². The van der Waals surface area contributed by atoms with Crippen LogP contribution in [-0.4, -0.2) is 33.3 Å². The van der Waals surface area contributed by atoms with E-state index in [1.54, 1.807) is 19.9 Å². The van der Waals surface area contributed by atoms with Crippen molar-refractivity contribution in [1.82, 2.24) is 15.5 Å². The van der Waals surface area contributed by atoms with Crippen LogP contribution in [0.3, 0.4) is 0 Å². The fraction of sp³-hybridized carbons (Fsp3) is 0.533. The van der Waals surface area contributed by atoms with Gasteiger partial charge in [0.2, 0.25) is 0 Å². The lowest BCUT2D eigenvalue weighted by Crippen LogP contribution is -2.41. The summed E-state index contributed by atoms with van der Waals surface area (Å²) in [5, 5.41) is 17.5. The Morgan fingerprint density at radius 3 is 2.90 bits per heavy atom. The molecule has 0 spiro atoms. The van der Waals surface area contributed by atoms with Gasteiger partial charge in [0.15, 0.2) is 0 Å². The van der Waals surface area contributed by atoms with Crippen LogP contribution in [-0.2, 0) is 0 Å². The Kier molecular flexibility index (Phi) is 4.27. The van der Waals surface area contributed by atoms with Crippen molar-refractivity contribution in [2.45, 2.75) is 39.7 Å². The molecule has 0 fully saturated rings. The van der Waals surface area contributed by atoms with Crippen molar-refractivity contribution in [3.63, 3.8) is 0 Å². The van der Waals surface area contributed by atoms with Crippen molar-refractivity contribution in [3.8, 4) is 0 Å². The average molecular weight is 291 g/mol. The number of aryl methyl sites for hydroxylation is 1. The summed E-state index contributed by atoms with van der Waals surface area (Å²) in [4.78, 5) is 16.2. The van der Waals surface area contributed by atoms with Crippen LogP contribution in [0, 0.1) is 12.8 Å². The third-order valence-electron chi connectivity index (χ3n) is 3.25. The van der Waals surface area contributed by atoms with Crippen molar-refractivity contribution in [2.24, 2.45) is 5.92 Å². The molecule has 0 bridgehead atoms. The number of amides is 1. The second-order valence-corrected chi connectivity index (χ2v) is 6.12. The number of hydrogen-bond donors (Lipinski definition) is 2. The van der Waals surface area contributed by atoms with E-state index in [2.05, 4.69) is 15.5 Å². The van der Waals surface area contributed by atoms with Crippen LogP contribution < -0.4 is 5.32 Å². The summed E-state index contributed by atoms with van der Waals surface area (Å²) < 4.78 is 5.01. The van der Waals surface area contributed by atoms with Crippen molar-refractivity contribution in [2.75, 3.05) is 6.54 Å². The highest BCUT2D eigenvalue weighted by molar-refractivity contribution is 5.96. The van der Waals surface area contributed by atoms with Crippen LogP contribution in [0.1, 0.15) is 43.2 Å². The number of carbonyl (C=O) groups excluding carboxylic acids is 1. The lowest BCUT2D eigenvalue weighted by Gasteiger charge is -2.25. The molecule has 6 heteroatoms. The number of fused-ring (bicyclic) bond motifs is 1. The topological polar surface area (TPSA) is 88.2 Å². The maximum absolute atomic E-state index is 12.1. The van der Waals surface area contributed by atoms with E-state index in [0.29, 0.717) is 29.3 Å². The summed E-state index contributed by atoms with van der Waals surface area (Å²) in [6.45, 7) is 7.78. The molecule has 1 atom stereocenters. The van der Waals surface area contributed by atoms with Gasteiger partial charge in [-0.15, -0.1) is 0 Å². The number of rotatable bonds is 5. The zero-order valence-corrected chi connectivity index (χ0v) is 12.8. The minimum Gasteiger partial charge on any atom is -0.388 e. The van der Waals surface area contributed by atoms with E-state index in [1.165, 1.54) is 6.20 Å². The van der Waals surface area contributed by atoms with E-state index in [1.807, 2.05) is 13.8 Å². The monoisotopic (exact) mass is 291 g/mol. The Morgan fingerprint density at radius 1 is 1.52 bits per heavy atom. The minimum absolute atomic E-state index is 0.199. The molecule has 2 heterocycles. The quantitative estimate of drug-likeness (QED) is 0.880. The smallest absolute Gasteiger partial charge is 0.257 e. The standard InChI is InChI=1S/C15H21N3O3/c1-9(2)6-15(4,20)8-17-13(19)11-5-12-10(3)18-21-14(12)16-7-11/h5,7,9,20H,6,8H2,1-4H3,(H,17,19). The van der Waals surface area contributed by atoms with Crippen molar-refractivity contribution < 1.29 is 14.4 Å². The maximum atomic E-state index is 12.1. The molecule has 0 aliphatic rings. The molecule has 0 saturated heterocycles. The fourth-order valence-corrected chi connectivity index (χ4v) is 2.39. The molecule has 0 aromatic carbocycles. The molecular formula is C15H21N3O3. The molecule has 2 rings (SSSR count). The molecule has 2 aromatic rings. The highest BCUT2D eigenvalue weighted by Gasteiger charge is 2.23. The van der Waals surface area contributed by atoms with Gasteiger partial charge in [0.25, 0.3) is 11.6 Å². The zero-order chi connectivity index (χ0) is 15.6. The maximum Gasteiger partial charge on any atom is 0.257 e. The summed E-state index contributed by atoms with van der Waals surface area (Å²) in [7, 11) is 0. The lowest BCUT2D eigenvalue weighted by atomic mass is 9.94. The summed E-state index contributed by atoms with van der Waals surface area (Å²) in [6, 6.07) is 1.70. The van der Waals surface area contributed by atoms with Crippen LogP contribution in [0.4, 0.5) is 0 Å². The molecule has 1 amide bonds. The van der Waals surface area contributed by atoms with Crippen molar-refractivity contribution in [1.29, 1.82) is 0 Å². The number of nitrogens with zero attached hydrogens (tertiary/aromatic N) is 2. The highest BCUT2D eigenvalue weighted by Crippen LogP contribution is 2.18. The molecule has 6 nitrogen and oxygen atoms in total. The normalized spacial score (nSPS) is 14.4. The third-order valence-corrected chi connectivity index (χ3v) is 3.25. The number of nitrogens with one attached hydrogen (secondary N) is 1. The van der Waals surface area contributed by atoms with Gasteiger partial charge in [0, 0.05) is 12.7 Å². The van der Waals surface area contributed by atoms with E-state index < -0.39 is 5.60 Å². The minimum atomic E-state index is -0.922. The molecule has 21 heavy (non-hydrogen) atoms. The zero-order valence-electron chi connectivity index (χ0n) is 12.8. The average Bonchev–Trinajstić information content (AvgIpc) is 2.76. The highest BCUT2D eigenvalue weighted by atomic mass is 16.5. The van der Waals surface area contributed by atoms with Gasteiger partial charge in [-0.1, -0.05) is 19.0 Å². The summed E-state index contributed by atoms with van der Waals surface area (Å²) >= 11 is 0. The van der Waals surface area contributed by atoms with Gasteiger partial charge in [0.1, 0.15) is 0 Å². The van der Waals surface area contributed by atoms with Gasteiger partial charge in [-0.05, 0) is 32.3 Å². The summed E-state index contributed by atoms with van der Waals surface area (Å²) in [5.41, 5.74) is 0.609. The predicted molar refractivity (Wildman–Crippen MR) is 79.0 cm³/mol. The Bertz CT molecular complexity index is 647. The molecule has 0 aliphatic heterocycles. The van der Waals surface area contributed by atoms with Crippen molar-refractivity contribution >= 4 is 17.0 Å². The van der Waals surface area contributed by atoms with Gasteiger partial charge in [-0.25, -0.2) is 4.98 Å². The van der Waals surface area contributed by atoms with Gasteiger partial charge in [0.05, 0.1) is 22.2 Å². The Labute approximate surface area is 123 Å². The summed E-state index contributed by atoms with van der Waals surface area (Å²) in [5.74, 6) is 0.0867. The van der Waals surface area contributed by atoms with E-state index in [9.17, 15) is 9.90 Å². The first kappa shape index (κ1) is 15.4. The Morgan fingerprint density at radius 2 is 2.24 bits per heavy atom. The molecule has 114 valence electrons. The fourth-order valence-electron chi connectivity index (χ4n) is 2.39. The number of aromatic nitrogens is 2. The van der Waals surface area contributed by atoms with Crippen LogP contribution in [0.25, 0.3) is 11.1 Å². The number of hydrogen-bond acceptors (Lipinski definition) is 5. The first-order valence-electron chi connectivity index (χ1n) is 7.01. The SMILES string of the molecule is Cc1noc2ncc(C(=O)NCC(C)(O)CC(C)C)cc12. The first-order chi connectivity index (χ1) is 9.78. The molecule has 2 aromatic heterocycles. The Balaban J connectivity index is 2.06. The predicted octanol–water partition coefficient (Wildman–Crippen LogP) is 2.06. The number of aliphatic hydroxyl groups is 1. The molecule has 1 unspecified atom stereocenters. The molecule has 2 N–H and O–H groups in total. The second-order valence-electron chi connectivity index (χ2n) is 6.12. The third kappa shape index (κ3) is 3.78. The largest absolute Gasteiger partial charge is 0.388 e. The van der Waals surface area contributed by atoms with Crippen LogP contribution in [0.2, 0.25) is 0 Å². The molecule has 0 aliphatic carbocycles. The van der Waals surface area contributed by atoms with E-state index >= 15 is 0 Å². The van der Waals surface area contributed by atoms with Crippen LogP contribution >= 0.6 is 0 Å². The van der Waals surface area contributed by atoms with Crippen molar-refractivity contribution in [3.05, 3.63) is 23.5 Å². The number of carbonyl (C=O) groups is 1.